The van der Waals surface area contributed by atoms with E-state index in [2.05, 4.69) is 19.2 Å². The van der Waals surface area contributed by atoms with Crippen LogP contribution in [0.4, 0.5) is 16.2 Å². The molecule has 0 spiro atoms. The number of aromatic carboxylic acids is 1. The lowest BCUT2D eigenvalue weighted by molar-refractivity contribution is 0.0586. The number of aliphatic hydroxyl groups excluding tert-OH is 5. The lowest BCUT2D eigenvalue weighted by atomic mass is 9.92. The number of nitrogens with two attached hydrogens (primary N) is 2. The van der Waals surface area contributed by atoms with E-state index in [-0.39, 0.29) is 112 Å². The molecular weight excluding hydrogens is 1220 g/mol. The Balaban J connectivity index is 0.000000240. The van der Waals surface area contributed by atoms with Crippen LogP contribution in [0.2, 0.25) is 0 Å². The molecule has 5 saturated carbocycles. The number of halogens is 1. The number of esters is 2. The highest BCUT2D eigenvalue weighted by Crippen LogP contribution is 2.31. The van der Waals surface area contributed by atoms with Crippen molar-refractivity contribution in [3.05, 3.63) is 160 Å². The number of nitrogen functional groups attached to an aromatic ring is 1. The minimum absolute atomic E-state index is 0. The van der Waals surface area contributed by atoms with E-state index in [0.717, 1.165) is 103 Å². The smallest absolute Gasteiger partial charge is 0.412 e. The number of aliphatic hydroxyl groups is 5. The third kappa shape index (κ3) is 24.1. The molecule has 11 N–H and O–H groups in total. The number of carboxylic acid groups (broad SMARTS) is 1. The molecule has 4 unspecified atom stereocenters. The highest BCUT2D eigenvalue weighted by Gasteiger charge is 2.28. The predicted octanol–water partition coefficient (Wildman–Crippen LogP) is 6.81. The van der Waals surface area contributed by atoms with Gasteiger partial charge in [-0.2, -0.15) is 0 Å². The summed E-state index contributed by atoms with van der Waals surface area (Å²) < 4.78 is 24.7. The van der Waals surface area contributed by atoms with E-state index in [9.17, 15) is 63.6 Å². The largest absolute Gasteiger partial charge is 0.477 e. The minimum atomic E-state index is -1.21. The summed E-state index contributed by atoms with van der Waals surface area (Å²) in [5.74, 6) is -2.51. The first-order chi connectivity index (χ1) is 43.2. The van der Waals surface area contributed by atoms with Crippen LogP contribution in [0.1, 0.15) is 204 Å². The van der Waals surface area contributed by atoms with Crippen molar-refractivity contribution < 1.29 is 68.4 Å². The molecule has 5 fully saturated rings. The molecular formula is C65H92ClN7O19. The molecule has 0 aromatic carbocycles. The summed E-state index contributed by atoms with van der Waals surface area (Å²) in [6.45, 7) is 5.29. The molecule has 5 aliphatic rings. The van der Waals surface area contributed by atoms with E-state index < -0.39 is 46.9 Å². The molecule has 5 aromatic heterocycles. The third-order valence-electron chi connectivity index (χ3n) is 16.1. The molecule has 5 aromatic rings. The molecule has 5 heterocycles. The van der Waals surface area contributed by atoms with Crippen molar-refractivity contribution in [2.24, 2.45) is 5.73 Å². The van der Waals surface area contributed by atoms with Crippen molar-refractivity contribution in [2.45, 2.75) is 216 Å². The van der Waals surface area contributed by atoms with E-state index >= 15 is 0 Å². The highest BCUT2D eigenvalue weighted by atomic mass is 35.5. The summed E-state index contributed by atoms with van der Waals surface area (Å²) in [7, 11) is 2.46. The molecule has 26 nitrogen and oxygen atoms in total. The molecule has 0 bridgehead atoms. The highest BCUT2D eigenvalue weighted by molar-refractivity contribution is 5.89. The summed E-state index contributed by atoms with van der Waals surface area (Å²) in [6, 6.07) is 15.7. The molecule has 0 aliphatic heterocycles. The number of carbonyl (C=O) groups excluding carboxylic acids is 3. The normalized spacial score (nSPS) is 23.3. The van der Waals surface area contributed by atoms with Crippen molar-refractivity contribution in [2.75, 3.05) is 25.3 Å². The van der Waals surface area contributed by atoms with Gasteiger partial charge in [0.2, 0.25) is 0 Å². The number of amides is 1. The van der Waals surface area contributed by atoms with Crippen LogP contribution in [-0.2, 0) is 14.2 Å². The number of aromatic nitrogens is 4. The fraction of sp³-hybridized carbons (Fsp3) is 0.554. The Morgan fingerprint density at radius 3 is 1.27 bits per heavy atom. The van der Waals surface area contributed by atoms with Gasteiger partial charge in [0, 0.05) is 55.0 Å². The Morgan fingerprint density at radius 1 is 0.511 bits per heavy atom. The quantitative estimate of drug-likeness (QED) is 0.0569. The zero-order valence-corrected chi connectivity index (χ0v) is 53.7. The number of carboxylic acids is 1. The monoisotopic (exact) mass is 1310 g/mol. The van der Waals surface area contributed by atoms with Gasteiger partial charge < -0.3 is 79.0 Å². The van der Waals surface area contributed by atoms with Crippen LogP contribution in [0, 0.1) is 0 Å². The van der Waals surface area contributed by atoms with Gasteiger partial charge >= 0.3 is 29.6 Å². The fourth-order valence-electron chi connectivity index (χ4n) is 11.5. The molecule has 92 heavy (non-hydrogen) atoms. The lowest BCUT2D eigenvalue weighted by Crippen LogP contribution is -2.33. The second-order valence-corrected chi connectivity index (χ2v) is 24.3. The molecule has 10 rings (SSSR count). The number of nitrogens with one attached hydrogen (secondary N) is 1. The van der Waals surface area contributed by atoms with E-state index in [1.165, 1.54) is 53.9 Å². The number of hydrogen-bond donors (Lipinski definition) is 9. The van der Waals surface area contributed by atoms with Crippen molar-refractivity contribution in [3.8, 4) is 0 Å². The maximum Gasteiger partial charge on any atom is 0.412 e. The fourth-order valence-corrected chi connectivity index (χ4v) is 11.5. The zero-order valence-electron chi connectivity index (χ0n) is 52.9. The Bertz CT molecular complexity index is 3460. The topological polar surface area (TPSA) is 400 Å². The van der Waals surface area contributed by atoms with Gasteiger partial charge in [-0.05, 0) is 210 Å². The van der Waals surface area contributed by atoms with E-state index in [1.807, 2.05) is 0 Å². The van der Waals surface area contributed by atoms with Gasteiger partial charge in [0.15, 0.2) is 0 Å². The second-order valence-electron chi connectivity index (χ2n) is 24.3. The van der Waals surface area contributed by atoms with Crippen molar-refractivity contribution >= 4 is 47.8 Å². The van der Waals surface area contributed by atoms with Gasteiger partial charge in [0.1, 0.15) is 28.0 Å². The van der Waals surface area contributed by atoms with Crippen LogP contribution >= 0.6 is 12.4 Å². The minimum Gasteiger partial charge on any atom is -0.477 e. The van der Waals surface area contributed by atoms with Crippen LogP contribution in [-0.4, -0.2) is 129 Å². The zero-order chi connectivity index (χ0) is 67.0. The first kappa shape index (κ1) is 76.7. The number of pyridine rings is 4. The van der Waals surface area contributed by atoms with Crippen molar-refractivity contribution in [1.29, 1.82) is 0 Å². The van der Waals surface area contributed by atoms with Gasteiger partial charge in [-0.25, -0.2) is 24.0 Å². The maximum absolute atomic E-state index is 12.5. The summed E-state index contributed by atoms with van der Waals surface area (Å²) in [4.78, 5) is 104. The summed E-state index contributed by atoms with van der Waals surface area (Å²) in [5, 5.41) is 58.9. The number of nitrogens with zero attached hydrogens (tertiary/aromatic N) is 4. The third-order valence-corrected chi connectivity index (χ3v) is 16.1. The molecule has 10 atom stereocenters. The summed E-state index contributed by atoms with van der Waals surface area (Å²) in [6.07, 6.45) is 22.2. The first-order valence-electron chi connectivity index (χ1n) is 30.9. The average molecular weight is 1310 g/mol. The number of methoxy groups -OCH3 is 2. The molecule has 0 saturated heterocycles. The molecule has 1 amide bonds. The first-order valence-corrected chi connectivity index (χ1v) is 30.9. The van der Waals surface area contributed by atoms with Crippen LogP contribution in [0.15, 0.2) is 120 Å². The number of rotatable bonds is 8. The van der Waals surface area contributed by atoms with Gasteiger partial charge in [0.05, 0.1) is 56.7 Å². The lowest BCUT2D eigenvalue weighted by Gasteiger charge is -2.27. The van der Waals surface area contributed by atoms with E-state index in [0.29, 0.717) is 25.7 Å². The number of anilines is 2. The van der Waals surface area contributed by atoms with Gasteiger partial charge in [-0.1, -0.05) is 0 Å². The van der Waals surface area contributed by atoms with Gasteiger partial charge in [-0.15, -0.1) is 12.4 Å². The van der Waals surface area contributed by atoms with Crippen LogP contribution in [0.3, 0.4) is 0 Å². The molecule has 508 valence electrons. The molecule has 5 aliphatic carbocycles. The second kappa shape index (κ2) is 37.7. The predicted molar refractivity (Wildman–Crippen MR) is 345 cm³/mol. The maximum atomic E-state index is 12.5. The van der Waals surface area contributed by atoms with Crippen molar-refractivity contribution in [1.82, 2.24) is 18.3 Å². The van der Waals surface area contributed by atoms with Crippen LogP contribution in [0.25, 0.3) is 0 Å². The Labute approximate surface area is 539 Å². The number of carbonyl (C=O) groups is 4. The Morgan fingerprint density at radius 2 is 0.880 bits per heavy atom. The van der Waals surface area contributed by atoms with E-state index in [4.69, 9.17) is 26.4 Å². The van der Waals surface area contributed by atoms with Gasteiger partial charge in [0.25, 0.3) is 22.2 Å². The molecule has 0 radical (unpaired) electrons. The Hall–Kier alpha value is -7.72. The van der Waals surface area contributed by atoms with Gasteiger partial charge in [-0.3, -0.25) is 24.5 Å². The van der Waals surface area contributed by atoms with E-state index in [1.54, 1.807) is 91.1 Å². The van der Waals surface area contributed by atoms with Crippen LogP contribution < -0.4 is 44.6 Å². The average Bonchev–Trinajstić information content (AvgIpc) is 0.883. The van der Waals surface area contributed by atoms with Crippen molar-refractivity contribution in [3.63, 3.8) is 0 Å². The Kier molecular flexibility index (Phi) is 31.4. The SMILES string of the molecule is CC(C)(C)OC(=O)Nc1cccn(C2CCC[C@@H](O)C2)c1=O.COC(=O)c1cccn(C2CCC[C@@H](O)C2)c1=O.COC(=O)c1cccoc1=O.Cl.N[C@H]1CCC[C@H](O)C1.Nc1cccn(C2CCC[C@@H](O)C2)c1=O.O=C(O)c1cccn(C2CCC[C@@H](O)C2)c1=O. The summed E-state index contributed by atoms with van der Waals surface area (Å²) in [5.41, 5.74) is 8.79. The summed E-state index contributed by atoms with van der Waals surface area (Å²) >= 11 is 0. The standard InChI is InChI=1S/C16H24N2O4.C13H17NO4.C12H15NO4.C11H16N2O2.C7H6O4.C6H13NO.ClH/c1-16(2,3)22-15(21)17-13-8-5-9-18(14(13)20)11-6-4-7-12(19)10-11;1-18-13(17)11-6-3-7-14(12(11)16)9-4-2-5-10(15)8-9;14-9-4-1-3-8(7-9)13-6-2-5-10(11(13)15)12(16)17;12-10-5-2-6-13(11(10)15)8-3-1-4-9(14)7-8;1-10-6(8)5-3-2-4-11-7(5)9;7-5-2-1-3-6(8)4-5;/h5,8-9,11-12,19H,4,6-7,10H2,1-3H3,(H,17,21);3,6-7,9-10,15H,2,4-5,8H2,1H3;2,5-6,8-9,14H,1,3-4,7H2,(H,16,17);2,5-6,8-9,14H,1,3-4,7,12H2;2-4H,1H3;5-6,8H,1-4,7H2;1H/t11?,12-;9?,10-;2*8?,9-;;5-,6-;/m1111.0./s1. The van der Waals surface area contributed by atoms with Crippen LogP contribution in [0.5, 0.6) is 0 Å². The number of hydrogen-bond acceptors (Lipinski definition) is 20. The molecule has 27 heteroatoms. The number of ether oxygens (including phenoxy) is 3.